The van der Waals surface area contributed by atoms with Gasteiger partial charge in [0.15, 0.2) is 6.67 Å². The van der Waals surface area contributed by atoms with Crippen molar-refractivity contribution >= 4 is 23.5 Å². The first-order valence-corrected chi connectivity index (χ1v) is 8.26. The van der Waals surface area contributed by atoms with Crippen LogP contribution in [0.25, 0.3) is 0 Å². The van der Waals surface area contributed by atoms with Gasteiger partial charge in [0.2, 0.25) is 0 Å². The van der Waals surface area contributed by atoms with Crippen LogP contribution < -0.4 is 10.2 Å². The van der Waals surface area contributed by atoms with Crippen molar-refractivity contribution in [3.05, 3.63) is 34.9 Å². The molecule has 0 bridgehead atoms. The Hall–Kier alpha value is -1.63. The fraction of sp³-hybridized carbons (Fsp3) is 0.500. The summed E-state index contributed by atoms with van der Waals surface area (Å²) in [5.41, 5.74) is -0.293. The topological polar surface area (TPSA) is 63.1 Å². The fourth-order valence-corrected chi connectivity index (χ4v) is 3.40. The van der Waals surface area contributed by atoms with Crippen LogP contribution in [-0.4, -0.2) is 49.8 Å². The number of hydrogen-bond acceptors (Lipinski definition) is 3. The van der Waals surface area contributed by atoms with Crippen LogP contribution in [0.5, 0.6) is 0 Å². The van der Waals surface area contributed by atoms with Gasteiger partial charge in [-0.2, -0.15) is 0 Å². The van der Waals surface area contributed by atoms with Crippen molar-refractivity contribution in [3.63, 3.8) is 0 Å². The highest BCUT2D eigenvalue weighted by Gasteiger charge is 2.52. The molecule has 7 heteroatoms. The number of morpholine rings is 1. The number of rotatable bonds is 4. The number of amides is 3. The first-order chi connectivity index (χ1) is 11.1. The number of urea groups is 1. The van der Waals surface area contributed by atoms with Crippen molar-refractivity contribution in [3.8, 4) is 0 Å². The van der Waals surface area contributed by atoms with Crippen LogP contribution in [0.4, 0.5) is 4.79 Å². The average Bonchev–Trinajstić information content (AvgIpc) is 2.81. The van der Waals surface area contributed by atoms with Gasteiger partial charge in [-0.05, 0) is 24.1 Å². The Bertz CT molecular complexity index is 618. The second kappa shape index (κ2) is 6.47. The standard InChI is InChI=1S/C16H20ClN3O3/c1-2-16(12-4-3-5-13(17)10-12)14(21)20(15(22)18-16)11-19-6-8-23-9-7-19/h3-5,10H,2,6-9,11H2,1H3,(H,18,22)/p+1/t16-/m0/s1. The van der Waals surface area contributed by atoms with Crippen molar-refractivity contribution < 1.29 is 19.2 Å². The number of quaternary nitrogens is 1. The van der Waals surface area contributed by atoms with Crippen LogP contribution in [0.3, 0.4) is 0 Å². The predicted octanol–water partition coefficient (Wildman–Crippen LogP) is 0.370. The third-order valence-corrected chi connectivity index (χ3v) is 4.84. The number of carbonyl (C=O) groups is 2. The van der Waals surface area contributed by atoms with E-state index in [1.807, 2.05) is 13.0 Å². The molecule has 2 saturated heterocycles. The van der Waals surface area contributed by atoms with Crippen LogP contribution >= 0.6 is 11.6 Å². The average molecular weight is 339 g/mol. The van der Waals surface area contributed by atoms with E-state index in [4.69, 9.17) is 16.3 Å². The lowest BCUT2D eigenvalue weighted by Gasteiger charge is -2.28. The van der Waals surface area contributed by atoms with Crippen molar-refractivity contribution in [1.29, 1.82) is 0 Å². The Morgan fingerprint density at radius 1 is 1.35 bits per heavy atom. The van der Waals surface area contributed by atoms with Crippen LogP contribution in [-0.2, 0) is 15.1 Å². The molecular formula is C16H21ClN3O3+. The maximum absolute atomic E-state index is 13.0. The molecule has 0 saturated carbocycles. The second-order valence-corrected chi connectivity index (χ2v) is 6.39. The third kappa shape index (κ3) is 2.94. The second-order valence-electron chi connectivity index (χ2n) is 5.95. The summed E-state index contributed by atoms with van der Waals surface area (Å²) in [7, 11) is 0. The zero-order valence-corrected chi connectivity index (χ0v) is 13.9. The van der Waals surface area contributed by atoms with Crippen LogP contribution in [0.15, 0.2) is 24.3 Å². The molecule has 0 unspecified atom stereocenters. The van der Waals surface area contributed by atoms with Crippen molar-refractivity contribution in [2.24, 2.45) is 0 Å². The normalized spacial score (nSPS) is 25.7. The third-order valence-electron chi connectivity index (χ3n) is 4.61. The Morgan fingerprint density at radius 3 is 2.74 bits per heavy atom. The van der Waals surface area contributed by atoms with Gasteiger partial charge in [-0.25, -0.2) is 9.69 Å². The number of benzene rings is 1. The number of nitrogens with zero attached hydrogens (tertiary/aromatic N) is 1. The lowest BCUT2D eigenvalue weighted by molar-refractivity contribution is -0.915. The maximum Gasteiger partial charge on any atom is 0.329 e. The molecule has 2 aliphatic rings. The molecule has 1 aromatic carbocycles. The van der Waals surface area contributed by atoms with Crippen LogP contribution in [0.1, 0.15) is 18.9 Å². The number of hydrogen-bond donors (Lipinski definition) is 2. The summed E-state index contributed by atoms with van der Waals surface area (Å²) >= 11 is 6.06. The molecule has 23 heavy (non-hydrogen) atoms. The van der Waals surface area contributed by atoms with E-state index in [0.717, 1.165) is 18.7 Å². The van der Waals surface area contributed by atoms with E-state index in [9.17, 15) is 9.59 Å². The first kappa shape index (κ1) is 16.2. The fourth-order valence-electron chi connectivity index (χ4n) is 3.20. The first-order valence-electron chi connectivity index (χ1n) is 7.88. The predicted molar refractivity (Wildman–Crippen MR) is 85.2 cm³/mol. The van der Waals surface area contributed by atoms with E-state index in [0.29, 0.717) is 31.3 Å². The van der Waals surface area contributed by atoms with E-state index < -0.39 is 5.54 Å². The van der Waals surface area contributed by atoms with Gasteiger partial charge in [0.05, 0.1) is 13.2 Å². The molecule has 1 atom stereocenters. The Balaban J connectivity index is 1.85. The molecule has 0 aliphatic carbocycles. The number of carbonyl (C=O) groups excluding carboxylic acids is 2. The largest absolute Gasteiger partial charge is 0.370 e. The summed E-state index contributed by atoms with van der Waals surface area (Å²) in [6.45, 7) is 5.18. The number of ether oxygens (including phenoxy) is 1. The highest BCUT2D eigenvalue weighted by atomic mass is 35.5. The number of imide groups is 1. The molecule has 2 fully saturated rings. The molecule has 0 aromatic heterocycles. The summed E-state index contributed by atoms with van der Waals surface area (Å²) < 4.78 is 5.32. The monoisotopic (exact) mass is 338 g/mol. The lowest BCUT2D eigenvalue weighted by atomic mass is 9.87. The quantitative estimate of drug-likeness (QED) is 0.780. The van der Waals surface area contributed by atoms with Crippen LogP contribution in [0, 0.1) is 0 Å². The van der Waals surface area contributed by atoms with Crippen molar-refractivity contribution in [2.75, 3.05) is 33.0 Å². The summed E-state index contributed by atoms with van der Waals surface area (Å²) in [5, 5.41) is 3.43. The highest BCUT2D eigenvalue weighted by Crippen LogP contribution is 2.33. The van der Waals surface area contributed by atoms with Gasteiger partial charge >= 0.3 is 6.03 Å². The molecule has 2 heterocycles. The summed E-state index contributed by atoms with van der Waals surface area (Å²) in [5.74, 6) is -0.203. The lowest BCUT2D eigenvalue weighted by Crippen LogP contribution is -3.15. The van der Waals surface area contributed by atoms with E-state index in [1.54, 1.807) is 18.2 Å². The van der Waals surface area contributed by atoms with Gasteiger partial charge in [-0.3, -0.25) is 4.79 Å². The molecule has 1 aromatic rings. The SMILES string of the molecule is CC[C@@]1(c2cccc(Cl)c2)NC(=O)N(C[NH+]2CCOCC2)C1=O. The smallest absolute Gasteiger partial charge is 0.329 e. The number of nitrogens with one attached hydrogen (secondary N) is 2. The van der Waals surface area contributed by atoms with Gasteiger partial charge in [0.1, 0.15) is 18.6 Å². The molecule has 6 nitrogen and oxygen atoms in total. The van der Waals surface area contributed by atoms with E-state index in [-0.39, 0.29) is 11.9 Å². The maximum atomic E-state index is 13.0. The summed E-state index contributed by atoms with van der Waals surface area (Å²) in [6.07, 6.45) is 0.479. The number of halogens is 1. The molecule has 124 valence electrons. The van der Waals surface area contributed by atoms with Crippen LogP contribution in [0.2, 0.25) is 5.02 Å². The minimum Gasteiger partial charge on any atom is -0.370 e. The van der Waals surface area contributed by atoms with E-state index >= 15 is 0 Å². The molecule has 3 rings (SSSR count). The Labute approximate surface area is 140 Å². The highest BCUT2D eigenvalue weighted by molar-refractivity contribution is 6.30. The van der Waals surface area contributed by atoms with Gasteiger partial charge in [0, 0.05) is 5.02 Å². The Kier molecular flexibility index (Phi) is 4.57. The van der Waals surface area contributed by atoms with Gasteiger partial charge in [-0.1, -0.05) is 30.7 Å². The zero-order valence-electron chi connectivity index (χ0n) is 13.1. The van der Waals surface area contributed by atoms with Crippen molar-refractivity contribution in [1.82, 2.24) is 10.2 Å². The molecule has 0 radical (unpaired) electrons. The van der Waals surface area contributed by atoms with Gasteiger partial charge in [-0.15, -0.1) is 0 Å². The molecule has 3 amide bonds. The molecular weight excluding hydrogens is 318 g/mol. The minimum absolute atomic E-state index is 0.203. The Morgan fingerprint density at radius 2 is 2.09 bits per heavy atom. The van der Waals surface area contributed by atoms with Gasteiger partial charge < -0.3 is 15.0 Å². The molecule has 2 N–H and O–H groups in total. The van der Waals surface area contributed by atoms with Crippen molar-refractivity contribution in [2.45, 2.75) is 18.9 Å². The van der Waals surface area contributed by atoms with E-state index in [2.05, 4.69) is 5.32 Å². The molecule has 0 spiro atoms. The summed E-state index contributed by atoms with van der Waals surface area (Å²) in [6, 6.07) is 6.79. The summed E-state index contributed by atoms with van der Waals surface area (Å²) in [4.78, 5) is 27.9. The molecule has 2 aliphatic heterocycles. The van der Waals surface area contributed by atoms with Gasteiger partial charge in [0.25, 0.3) is 5.91 Å². The van der Waals surface area contributed by atoms with E-state index in [1.165, 1.54) is 9.80 Å². The minimum atomic E-state index is -1.02. The zero-order chi connectivity index (χ0) is 16.4.